The van der Waals surface area contributed by atoms with Crippen molar-refractivity contribution in [2.75, 3.05) is 5.32 Å². The summed E-state index contributed by atoms with van der Waals surface area (Å²) in [5.74, 6) is -0.444. The second kappa shape index (κ2) is 11.0. The number of hydrogen-bond donors (Lipinski definition) is 2. The molecule has 1 heterocycles. The molecule has 0 bridgehead atoms. The third kappa shape index (κ3) is 6.84. The number of aryl methyl sites for hydroxylation is 1. The Morgan fingerprint density at radius 3 is 2.29 bits per heavy atom. The molecule has 6 heteroatoms. The van der Waals surface area contributed by atoms with Gasteiger partial charge in [0.2, 0.25) is 11.8 Å². The van der Waals surface area contributed by atoms with Crippen LogP contribution in [0, 0.1) is 12.8 Å². The van der Waals surface area contributed by atoms with Crippen LogP contribution in [0.1, 0.15) is 30.0 Å². The minimum Gasteiger partial charge on any atom is -0.348 e. The van der Waals surface area contributed by atoms with Gasteiger partial charge in [-0.1, -0.05) is 77.3 Å². The van der Waals surface area contributed by atoms with E-state index in [0.29, 0.717) is 23.6 Å². The fourth-order valence-corrected chi connectivity index (χ4v) is 3.81. The molecule has 1 saturated heterocycles. The molecular weight excluding hydrogens is 431 g/mol. The monoisotopic (exact) mass is 454 g/mol. The molecule has 1 unspecified atom stereocenters. The molecule has 2 amide bonds. The van der Waals surface area contributed by atoms with E-state index >= 15 is 0 Å². The first-order valence-electron chi connectivity index (χ1n) is 10.1. The number of benzene rings is 3. The smallest absolute Gasteiger partial charge is 0.229 e. The molecule has 0 aliphatic carbocycles. The quantitative estimate of drug-likeness (QED) is 0.495. The number of carbonyl (C=O) groups excluding carboxylic acids is 2. The van der Waals surface area contributed by atoms with Gasteiger partial charge in [0.1, 0.15) is 0 Å². The van der Waals surface area contributed by atoms with Crippen LogP contribution in [-0.2, 0) is 9.59 Å². The highest BCUT2D eigenvalue weighted by Gasteiger charge is 2.35. The SMILES string of the molecule is Cc1cccc([C@H]2NC(=O)CCC2C(=O)Nc2cccc(Cl)c2)c1.Clc1ccccc1. The highest BCUT2D eigenvalue weighted by molar-refractivity contribution is 6.31. The first-order chi connectivity index (χ1) is 14.9. The molecule has 0 spiro atoms. The van der Waals surface area contributed by atoms with Crippen molar-refractivity contribution in [1.82, 2.24) is 5.32 Å². The van der Waals surface area contributed by atoms with Crippen LogP contribution in [0.5, 0.6) is 0 Å². The van der Waals surface area contributed by atoms with E-state index in [9.17, 15) is 9.59 Å². The van der Waals surface area contributed by atoms with Crippen LogP contribution in [0.25, 0.3) is 0 Å². The molecule has 4 nitrogen and oxygen atoms in total. The summed E-state index contributed by atoms with van der Waals surface area (Å²) in [7, 11) is 0. The van der Waals surface area contributed by atoms with Crippen molar-refractivity contribution in [3.63, 3.8) is 0 Å². The van der Waals surface area contributed by atoms with Crippen LogP contribution in [0.3, 0.4) is 0 Å². The molecule has 0 radical (unpaired) electrons. The van der Waals surface area contributed by atoms with E-state index < -0.39 is 0 Å². The normalized spacial score (nSPS) is 17.7. The summed E-state index contributed by atoms with van der Waals surface area (Å²) in [5.41, 5.74) is 2.71. The molecule has 0 aromatic heterocycles. The minimum absolute atomic E-state index is 0.0201. The zero-order chi connectivity index (χ0) is 22.2. The van der Waals surface area contributed by atoms with Gasteiger partial charge in [0.05, 0.1) is 12.0 Å². The van der Waals surface area contributed by atoms with Gasteiger partial charge in [0.15, 0.2) is 0 Å². The van der Waals surface area contributed by atoms with Crippen LogP contribution >= 0.6 is 23.2 Å². The van der Waals surface area contributed by atoms with E-state index in [0.717, 1.165) is 16.1 Å². The minimum atomic E-state index is -0.316. The Labute approximate surface area is 192 Å². The average Bonchev–Trinajstić information content (AvgIpc) is 2.74. The third-order valence-electron chi connectivity index (χ3n) is 4.96. The molecule has 0 saturated carbocycles. The lowest BCUT2D eigenvalue weighted by molar-refractivity contribution is -0.128. The first kappa shape index (κ1) is 22.9. The van der Waals surface area contributed by atoms with E-state index in [1.165, 1.54) is 0 Å². The Bertz CT molecular complexity index is 1040. The van der Waals surface area contributed by atoms with Crippen LogP contribution in [0.2, 0.25) is 10.0 Å². The molecular formula is C25H24Cl2N2O2. The largest absolute Gasteiger partial charge is 0.348 e. The number of carbonyl (C=O) groups is 2. The Hall–Kier alpha value is -2.82. The Balaban J connectivity index is 0.000000330. The number of piperidine rings is 1. The van der Waals surface area contributed by atoms with Gasteiger partial charge in [-0.2, -0.15) is 0 Å². The van der Waals surface area contributed by atoms with Gasteiger partial charge in [0.25, 0.3) is 0 Å². The van der Waals surface area contributed by atoms with Gasteiger partial charge in [0, 0.05) is 22.2 Å². The van der Waals surface area contributed by atoms with Crippen molar-refractivity contribution in [3.8, 4) is 0 Å². The van der Waals surface area contributed by atoms with Crippen molar-refractivity contribution < 1.29 is 9.59 Å². The lowest BCUT2D eigenvalue weighted by Gasteiger charge is -2.32. The van der Waals surface area contributed by atoms with E-state index in [2.05, 4.69) is 10.6 Å². The molecule has 160 valence electrons. The summed E-state index contributed by atoms with van der Waals surface area (Å²) in [5, 5.41) is 7.23. The van der Waals surface area contributed by atoms with Gasteiger partial charge in [-0.25, -0.2) is 0 Å². The van der Waals surface area contributed by atoms with Crippen LogP contribution in [-0.4, -0.2) is 11.8 Å². The molecule has 3 aromatic carbocycles. The third-order valence-corrected chi connectivity index (χ3v) is 5.45. The van der Waals surface area contributed by atoms with Crippen molar-refractivity contribution in [3.05, 3.63) is 100 Å². The lowest BCUT2D eigenvalue weighted by Crippen LogP contribution is -2.43. The van der Waals surface area contributed by atoms with E-state index in [1.54, 1.807) is 24.3 Å². The van der Waals surface area contributed by atoms with Crippen LogP contribution < -0.4 is 10.6 Å². The van der Waals surface area contributed by atoms with Gasteiger partial charge >= 0.3 is 0 Å². The molecule has 1 aliphatic heterocycles. The summed E-state index contributed by atoms with van der Waals surface area (Å²) < 4.78 is 0. The molecule has 2 N–H and O–H groups in total. The average molecular weight is 455 g/mol. The summed E-state index contributed by atoms with van der Waals surface area (Å²) >= 11 is 11.5. The Kier molecular flexibility index (Phi) is 8.10. The van der Waals surface area contributed by atoms with Crippen molar-refractivity contribution in [2.24, 2.45) is 5.92 Å². The highest BCUT2D eigenvalue weighted by Crippen LogP contribution is 2.31. The molecule has 2 atom stereocenters. The fourth-order valence-electron chi connectivity index (χ4n) is 3.48. The summed E-state index contributed by atoms with van der Waals surface area (Å²) in [6, 6.07) is 24.1. The molecule has 3 aromatic rings. The van der Waals surface area contributed by atoms with E-state index in [1.807, 2.05) is 61.5 Å². The van der Waals surface area contributed by atoms with E-state index in [4.69, 9.17) is 23.2 Å². The van der Waals surface area contributed by atoms with Gasteiger partial charge < -0.3 is 10.6 Å². The number of rotatable bonds is 3. The van der Waals surface area contributed by atoms with Crippen molar-refractivity contribution in [2.45, 2.75) is 25.8 Å². The number of anilines is 1. The number of nitrogens with one attached hydrogen (secondary N) is 2. The van der Waals surface area contributed by atoms with Crippen molar-refractivity contribution in [1.29, 1.82) is 0 Å². The maximum Gasteiger partial charge on any atom is 0.229 e. The number of halogens is 2. The van der Waals surface area contributed by atoms with E-state index in [-0.39, 0.29) is 23.8 Å². The standard InChI is InChI=1S/C19H19ClN2O2.C6H5Cl/c1-12-4-2-5-13(10-12)18-16(8-9-17(23)22-18)19(24)21-15-7-3-6-14(20)11-15;7-6-4-2-1-3-5-6/h2-7,10-11,16,18H,8-9H2,1H3,(H,21,24)(H,22,23);1-5H/t16?,18-;/m1./s1. The number of amides is 2. The lowest BCUT2D eigenvalue weighted by atomic mass is 9.85. The second-order valence-corrected chi connectivity index (χ2v) is 8.27. The molecule has 1 aliphatic rings. The fraction of sp³-hybridized carbons (Fsp3) is 0.200. The Morgan fingerprint density at radius 1 is 0.935 bits per heavy atom. The van der Waals surface area contributed by atoms with Gasteiger partial charge in [-0.15, -0.1) is 0 Å². The zero-order valence-corrected chi connectivity index (χ0v) is 18.7. The zero-order valence-electron chi connectivity index (χ0n) is 17.1. The highest BCUT2D eigenvalue weighted by atomic mass is 35.5. The Morgan fingerprint density at radius 2 is 1.65 bits per heavy atom. The maximum absolute atomic E-state index is 12.7. The predicted molar refractivity (Wildman–Crippen MR) is 126 cm³/mol. The summed E-state index contributed by atoms with van der Waals surface area (Å²) in [4.78, 5) is 24.6. The topological polar surface area (TPSA) is 58.2 Å². The second-order valence-electron chi connectivity index (χ2n) is 7.40. The van der Waals surface area contributed by atoms with Crippen LogP contribution in [0.4, 0.5) is 5.69 Å². The molecule has 1 fully saturated rings. The summed E-state index contributed by atoms with van der Waals surface area (Å²) in [6.07, 6.45) is 0.882. The van der Waals surface area contributed by atoms with Crippen LogP contribution in [0.15, 0.2) is 78.9 Å². The number of hydrogen-bond acceptors (Lipinski definition) is 2. The molecule has 4 rings (SSSR count). The summed E-state index contributed by atoms with van der Waals surface area (Å²) in [6.45, 7) is 2.00. The van der Waals surface area contributed by atoms with Gasteiger partial charge in [-0.05, 0) is 49.2 Å². The van der Waals surface area contributed by atoms with Gasteiger partial charge in [-0.3, -0.25) is 9.59 Å². The van der Waals surface area contributed by atoms with Crippen molar-refractivity contribution >= 4 is 40.7 Å². The predicted octanol–water partition coefficient (Wildman–Crippen LogP) is 6.19. The molecule has 31 heavy (non-hydrogen) atoms. The maximum atomic E-state index is 12.7. The first-order valence-corrected chi connectivity index (χ1v) is 10.8.